The number of phenolic OH excluding ortho intramolecular Hbond substituents is 9. The van der Waals surface area contributed by atoms with Crippen molar-refractivity contribution in [3.63, 3.8) is 0 Å². The lowest BCUT2D eigenvalue weighted by Gasteiger charge is -2.24. The van der Waals surface area contributed by atoms with Gasteiger partial charge in [-0.15, -0.1) is 0 Å². The highest BCUT2D eigenvalue weighted by atomic mass is 16.5. The van der Waals surface area contributed by atoms with E-state index in [1.54, 1.807) is 42.5 Å². The van der Waals surface area contributed by atoms with Crippen LogP contribution in [0.1, 0.15) is 68.6 Å². The van der Waals surface area contributed by atoms with E-state index in [4.69, 9.17) is 9.47 Å². The van der Waals surface area contributed by atoms with Gasteiger partial charge in [0.2, 0.25) is 0 Å². The Balaban J connectivity index is 1.42. The smallest absolute Gasteiger partial charge is 0.157 e. The van der Waals surface area contributed by atoms with Crippen molar-refractivity contribution in [2.75, 3.05) is 0 Å². The zero-order chi connectivity index (χ0) is 37.1. The first-order valence-electron chi connectivity index (χ1n) is 16.5. The Labute approximate surface area is 302 Å². The first-order chi connectivity index (χ1) is 25.4. The first-order valence-corrected chi connectivity index (χ1v) is 16.5. The molecule has 9 N–H and O–H groups in total. The van der Waals surface area contributed by atoms with Gasteiger partial charge in [0, 0.05) is 29.3 Å². The maximum absolute atomic E-state index is 10.7. The number of hydrogen-bond acceptors (Lipinski definition) is 11. The fourth-order valence-electron chi connectivity index (χ4n) is 7.41. The highest BCUT2D eigenvalue weighted by Gasteiger charge is 2.46. The molecule has 8 rings (SSSR count). The van der Waals surface area contributed by atoms with E-state index in [2.05, 4.69) is 0 Å². The van der Waals surface area contributed by atoms with Crippen LogP contribution in [0.15, 0.2) is 103 Å². The molecule has 6 aromatic carbocycles. The SMILES string of the molecule is Oc1ccc(/C=C/c2c3c(cc4c2[C@@H](c2cc(O)cc(O)c2)[C@H](c2ccc(O)c(O)c2)O4)OC(c2ccc(O)c(O)c2)C3c2cc(O)cc(O)c2)cc1. The van der Waals surface area contributed by atoms with Crippen molar-refractivity contribution < 1.29 is 55.4 Å². The molecule has 2 heterocycles. The molecule has 4 atom stereocenters. The van der Waals surface area contributed by atoms with E-state index in [9.17, 15) is 46.0 Å². The van der Waals surface area contributed by atoms with Gasteiger partial charge in [-0.2, -0.15) is 0 Å². The summed E-state index contributed by atoms with van der Waals surface area (Å²) in [6, 6.07) is 25.3. The predicted molar refractivity (Wildman–Crippen MR) is 193 cm³/mol. The van der Waals surface area contributed by atoms with Gasteiger partial charge in [0.05, 0.1) is 11.8 Å². The van der Waals surface area contributed by atoms with Crippen LogP contribution < -0.4 is 9.47 Å². The minimum Gasteiger partial charge on any atom is -0.508 e. The summed E-state index contributed by atoms with van der Waals surface area (Å²) in [7, 11) is 0. The van der Waals surface area contributed by atoms with E-state index >= 15 is 0 Å². The molecule has 0 saturated carbocycles. The second kappa shape index (κ2) is 12.6. The number of aromatic hydroxyl groups is 9. The van der Waals surface area contributed by atoms with E-state index in [1.165, 1.54) is 60.7 Å². The van der Waals surface area contributed by atoms with E-state index < -0.39 is 24.0 Å². The monoisotopic (exact) mass is 712 g/mol. The normalized spacial score (nSPS) is 18.7. The Hall–Kier alpha value is -7.14. The molecule has 53 heavy (non-hydrogen) atoms. The number of benzene rings is 6. The second-order valence-electron chi connectivity index (χ2n) is 13.1. The van der Waals surface area contributed by atoms with Gasteiger partial charge in [-0.25, -0.2) is 0 Å². The molecule has 0 fully saturated rings. The lowest BCUT2D eigenvalue weighted by Crippen LogP contribution is -2.14. The minimum absolute atomic E-state index is 0.0814. The molecular weight excluding hydrogens is 680 g/mol. The average molecular weight is 713 g/mol. The van der Waals surface area contributed by atoms with E-state index in [0.29, 0.717) is 50.4 Å². The van der Waals surface area contributed by atoms with Crippen LogP contribution in [0.4, 0.5) is 0 Å². The number of ether oxygens (including phenoxy) is 2. The Morgan fingerprint density at radius 1 is 0.377 bits per heavy atom. The molecule has 0 aliphatic carbocycles. The molecule has 11 heteroatoms. The zero-order valence-electron chi connectivity index (χ0n) is 27.6. The largest absolute Gasteiger partial charge is 0.508 e. The van der Waals surface area contributed by atoms with Gasteiger partial charge in [0.1, 0.15) is 52.5 Å². The number of hydrogen-bond donors (Lipinski definition) is 9. The summed E-state index contributed by atoms with van der Waals surface area (Å²) in [4.78, 5) is 0. The van der Waals surface area contributed by atoms with Crippen LogP contribution in [-0.4, -0.2) is 46.0 Å². The molecular formula is C42H32O11. The van der Waals surface area contributed by atoms with Crippen molar-refractivity contribution in [2.24, 2.45) is 0 Å². The van der Waals surface area contributed by atoms with Crippen LogP contribution in [0.2, 0.25) is 0 Å². The lowest BCUT2D eigenvalue weighted by atomic mass is 9.77. The molecule has 0 aromatic heterocycles. The number of fused-ring (bicyclic) bond motifs is 2. The molecule has 2 aliphatic rings. The third-order valence-corrected chi connectivity index (χ3v) is 9.67. The van der Waals surface area contributed by atoms with Crippen LogP contribution >= 0.6 is 0 Å². The number of phenols is 9. The average Bonchev–Trinajstić information content (AvgIpc) is 3.68. The third kappa shape index (κ3) is 5.93. The second-order valence-corrected chi connectivity index (χ2v) is 13.1. The molecule has 2 aliphatic heterocycles. The predicted octanol–water partition coefficient (Wildman–Crippen LogP) is 7.74. The van der Waals surface area contributed by atoms with Gasteiger partial charge in [0.25, 0.3) is 0 Å². The van der Waals surface area contributed by atoms with Crippen molar-refractivity contribution in [2.45, 2.75) is 24.0 Å². The maximum Gasteiger partial charge on any atom is 0.157 e. The minimum atomic E-state index is -0.853. The van der Waals surface area contributed by atoms with Gasteiger partial charge < -0.3 is 55.4 Å². The zero-order valence-corrected chi connectivity index (χ0v) is 27.6. The highest BCUT2D eigenvalue weighted by molar-refractivity contribution is 5.80. The molecule has 266 valence electrons. The van der Waals surface area contributed by atoms with Crippen LogP contribution in [0.5, 0.6) is 63.2 Å². The molecule has 0 amide bonds. The van der Waals surface area contributed by atoms with Crippen LogP contribution in [-0.2, 0) is 0 Å². The lowest BCUT2D eigenvalue weighted by molar-refractivity contribution is 0.212. The Bertz CT molecular complexity index is 2260. The highest BCUT2D eigenvalue weighted by Crippen LogP contribution is 2.60. The summed E-state index contributed by atoms with van der Waals surface area (Å²) < 4.78 is 13.3. The van der Waals surface area contributed by atoms with Crippen molar-refractivity contribution in [3.05, 3.63) is 148 Å². The van der Waals surface area contributed by atoms with E-state index in [-0.39, 0.29) is 51.7 Å². The summed E-state index contributed by atoms with van der Waals surface area (Å²) in [6.07, 6.45) is 1.96. The molecule has 0 radical (unpaired) electrons. The fraction of sp³-hybridized carbons (Fsp3) is 0.0952. The molecule has 2 unspecified atom stereocenters. The van der Waals surface area contributed by atoms with Gasteiger partial charge >= 0.3 is 0 Å². The standard InChI is InChI=1S/C42H32O11/c43-25-6-1-20(2-7-25)3-8-30-39-35(52-41(21-4-9-31(48)33(50)15-21)37(39)23-11-26(44)17-27(45)12-23)19-36-40(30)38(24-13-28(46)18-29(47)14-24)42(53-36)22-5-10-32(49)34(51)16-22/h1-19,37-38,41-51H/b8-3+/t37-,38?,41+,42?/m1/s1. The maximum atomic E-state index is 10.7. The van der Waals surface area contributed by atoms with Gasteiger partial charge in [-0.3, -0.25) is 0 Å². The number of rotatable bonds is 6. The Morgan fingerprint density at radius 2 is 0.811 bits per heavy atom. The van der Waals surface area contributed by atoms with Gasteiger partial charge in [0.15, 0.2) is 23.0 Å². The molecule has 0 bridgehead atoms. The van der Waals surface area contributed by atoms with Crippen LogP contribution in [0.25, 0.3) is 12.2 Å². The van der Waals surface area contributed by atoms with E-state index in [1.807, 2.05) is 12.2 Å². The van der Waals surface area contributed by atoms with Crippen molar-refractivity contribution in [1.82, 2.24) is 0 Å². The quantitative estimate of drug-likeness (QED) is 0.0604. The van der Waals surface area contributed by atoms with Crippen molar-refractivity contribution in [1.29, 1.82) is 0 Å². The van der Waals surface area contributed by atoms with E-state index in [0.717, 1.165) is 5.56 Å². The van der Waals surface area contributed by atoms with Crippen LogP contribution in [0.3, 0.4) is 0 Å². The molecule has 6 aromatic rings. The summed E-state index contributed by atoms with van der Waals surface area (Å²) in [5.74, 6) is -2.89. The first kappa shape index (κ1) is 33.0. The van der Waals surface area contributed by atoms with Crippen LogP contribution in [0, 0.1) is 0 Å². The van der Waals surface area contributed by atoms with Crippen molar-refractivity contribution in [3.8, 4) is 63.2 Å². The van der Waals surface area contributed by atoms with Crippen molar-refractivity contribution >= 4 is 12.2 Å². The Morgan fingerprint density at radius 3 is 1.23 bits per heavy atom. The Kier molecular flexibility index (Phi) is 7.83. The summed E-state index contributed by atoms with van der Waals surface area (Å²) >= 11 is 0. The molecule has 11 nitrogen and oxygen atoms in total. The van der Waals surface area contributed by atoms with Gasteiger partial charge in [-0.1, -0.05) is 36.4 Å². The summed E-state index contributed by atoms with van der Waals surface area (Å²) in [6.45, 7) is 0. The third-order valence-electron chi connectivity index (χ3n) is 9.67. The molecule has 0 saturated heterocycles. The topological polar surface area (TPSA) is 201 Å². The summed E-state index contributed by atoms with van der Waals surface area (Å²) in [5, 5.41) is 93.9. The molecule has 0 spiro atoms. The fourth-order valence-corrected chi connectivity index (χ4v) is 7.41. The summed E-state index contributed by atoms with van der Waals surface area (Å²) in [5.41, 5.74) is 4.40. The van der Waals surface area contributed by atoms with Gasteiger partial charge in [-0.05, 0) is 94.0 Å².